The molecule has 3 heterocycles. The molecule has 0 amide bonds. The first-order valence-electron chi connectivity index (χ1n) is 6.89. The van der Waals surface area contributed by atoms with Crippen molar-refractivity contribution in [1.82, 2.24) is 20.5 Å². The van der Waals surface area contributed by atoms with Crippen LogP contribution in [0.5, 0.6) is 0 Å². The molecule has 1 aliphatic heterocycles. The van der Waals surface area contributed by atoms with E-state index in [0.717, 1.165) is 25.1 Å². The van der Waals surface area contributed by atoms with E-state index in [1.807, 2.05) is 18.2 Å². The fraction of sp³-hybridized carbons (Fsp3) is 0.500. The van der Waals surface area contributed by atoms with Crippen LogP contribution >= 0.6 is 0 Å². The molecule has 2 aromatic heterocycles. The summed E-state index contributed by atoms with van der Waals surface area (Å²) in [4.78, 5) is 4.20. The van der Waals surface area contributed by atoms with Gasteiger partial charge >= 0.3 is 0 Å². The van der Waals surface area contributed by atoms with Gasteiger partial charge in [0.1, 0.15) is 5.69 Å². The van der Waals surface area contributed by atoms with Gasteiger partial charge in [0.25, 0.3) is 5.89 Å². The maximum Gasteiger partial charge on any atom is 0.266 e. The lowest BCUT2D eigenvalue weighted by molar-refractivity contribution is 0.369. The molecule has 0 aliphatic carbocycles. The summed E-state index contributed by atoms with van der Waals surface area (Å²) in [6.45, 7) is 1.13. The summed E-state index contributed by atoms with van der Waals surface area (Å²) in [5.41, 5.74) is 0.733. The Hall–Kier alpha value is -1.75. The first kappa shape index (κ1) is 12.3. The lowest BCUT2D eigenvalue weighted by Gasteiger charge is -2.22. The number of rotatable bonds is 4. The van der Waals surface area contributed by atoms with E-state index in [-0.39, 0.29) is 0 Å². The molecule has 0 bridgehead atoms. The zero-order valence-corrected chi connectivity index (χ0v) is 10.9. The molecular formula is C14H18N4O. The maximum atomic E-state index is 5.65. The fourth-order valence-electron chi connectivity index (χ4n) is 2.42. The Kier molecular flexibility index (Phi) is 3.83. The van der Waals surface area contributed by atoms with Gasteiger partial charge in [-0.2, -0.15) is 0 Å². The van der Waals surface area contributed by atoms with Gasteiger partial charge in [-0.25, -0.2) is 0 Å². The van der Waals surface area contributed by atoms with Crippen molar-refractivity contribution in [2.24, 2.45) is 0 Å². The average Bonchev–Trinajstić information content (AvgIpc) is 2.96. The number of aromatic nitrogens is 3. The van der Waals surface area contributed by atoms with Gasteiger partial charge in [-0.15, -0.1) is 10.2 Å². The SMILES string of the molecule is c1ccc(-c2nnc(CCC3CCCCN3)o2)nc1. The summed E-state index contributed by atoms with van der Waals surface area (Å²) in [6, 6.07) is 6.26. The zero-order valence-electron chi connectivity index (χ0n) is 10.9. The smallest absolute Gasteiger partial charge is 0.266 e. The Morgan fingerprint density at radius 2 is 2.26 bits per heavy atom. The Morgan fingerprint density at radius 1 is 1.26 bits per heavy atom. The lowest BCUT2D eigenvalue weighted by Crippen LogP contribution is -2.34. The topological polar surface area (TPSA) is 63.8 Å². The maximum absolute atomic E-state index is 5.65. The van der Waals surface area contributed by atoms with Crippen LogP contribution < -0.4 is 5.32 Å². The van der Waals surface area contributed by atoms with Crippen molar-refractivity contribution in [3.05, 3.63) is 30.3 Å². The van der Waals surface area contributed by atoms with Crippen molar-refractivity contribution in [1.29, 1.82) is 0 Å². The van der Waals surface area contributed by atoms with Crippen LogP contribution in [0.25, 0.3) is 11.6 Å². The van der Waals surface area contributed by atoms with Crippen LogP contribution in [0.4, 0.5) is 0 Å². The van der Waals surface area contributed by atoms with E-state index >= 15 is 0 Å². The highest BCUT2D eigenvalue weighted by atomic mass is 16.4. The molecule has 5 nitrogen and oxygen atoms in total. The molecule has 100 valence electrons. The van der Waals surface area contributed by atoms with Crippen molar-refractivity contribution < 1.29 is 4.42 Å². The quantitative estimate of drug-likeness (QED) is 0.910. The van der Waals surface area contributed by atoms with Gasteiger partial charge in [0.05, 0.1) is 0 Å². The van der Waals surface area contributed by atoms with Crippen LogP contribution in [-0.2, 0) is 6.42 Å². The Balaban J connectivity index is 1.59. The van der Waals surface area contributed by atoms with Crippen molar-refractivity contribution in [3.8, 4) is 11.6 Å². The fourth-order valence-corrected chi connectivity index (χ4v) is 2.42. The summed E-state index contributed by atoms with van der Waals surface area (Å²) in [5, 5.41) is 11.7. The minimum atomic E-state index is 0.507. The van der Waals surface area contributed by atoms with E-state index in [9.17, 15) is 0 Å². The molecule has 1 aliphatic rings. The van der Waals surface area contributed by atoms with Crippen LogP contribution in [-0.4, -0.2) is 27.8 Å². The molecule has 0 radical (unpaired) electrons. The minimum absolute atomic E-state index is 0.507. The van der Waals surface area contributed by atoms with Crippen molar-refractivity contribution in [2.75, 3.05) is 6.54 Å². The van der Waals surface area contributed by atoms with Crippen LogP contribution in [0.3, 0.4) is 0 Å². The zero-order chi connectivity index (χ0) is 12.9. The predicted octanol–water partition coefficient (Wildman–Crippen LogP) is 2.21. The largest absolute Gasteiger partial charge is 0.419 e. The first-order valence-corrected chi connectivity index (χ1v) is 6.89. The third kappa shape index (κ3) is 3.17. The number of nitrogens with one attached hydrogen (secondary N) is 1. The van der Waals surface area contributed by atoms with Crippen LogP contribution in [0, 0.1) is 0 Å². The first-order chi connectivity index (χ1) is 9.42. The Bertz CT molecular complexity index is 505. The third-order valence-electron chi connectivity index (χ3n) is 3.47. The summed E-state index contributed by atoms with van der Waals surface area (Å²) < 4.78 is 5.65. The van der Waals surface area contributed by atoms with E-state index in [1.165, 1.54) is 19.3 Å². The van der Waals surface area contributed by atoms with Crippen molar-refractivity contribution in [3.63, 3.8) is 0 Å². The van der Waals surface area contributed by atoms with Crippen molar-refractivity contribution in [2.45, 2.75) is 38.1 Å². The average molecular weight is 258 g/mol. The second kappa shape index (κ2) is 5.93. The normalized spacial score (nSPS) is 19.5. The molecular weight excluding hydrogens is 240 g/mol. The second-order valence-corrected chi connectivity index (χ2v) is 4.90. The summed E-state index contributed by atoms with van der Waals surface area (Å²) in [7, 11) is 0. The third-order valence-corrected chi connectivity index (χ3v) is 3.47. The lowest BCUT2D eigenvalue weighted by atomic mass is 10.0. The predicted molar refractivity (Wildman–Crippen MR) is 71.5 cm³/mol. The van der Waals surface area contributed by atoms with E-state index in [4.69, 9.17) is 4.42 Å². The van der Waals surface area contributed by atoms with Gasteiger partial charge in [0.15, 0.2) is 0 Å². The van der Waals surface area contributed by atoms with E-state index in [0.29, 0.717) is 17.8 Å². The number of aryl methyl sites for hydroxylation is 1. The molecule has 0 aromatic carbocycles. The Labute approximate surface area is 112 Å². The molecule has 1 saturated heterocycles. The minimum Gasteiger partial charge on any atom is -0.419 e. The van der Waals surface area contributed by atoms with Gasteiger partial charge in [0.2, 0.25) is 5.89 Å². The van der Waals surface area contributed by atoms with Gasteiger partial charge < -0.3 is 9.73 Å². The van der Waals surface area contributed by atoms with E-state index in [2.05, 4.69) is 20.5 Å². The van der Waals surface area contributed by atoms with Crippen LogP contribution in [0.2, 0.25) is 0 Å². The number of nitrogens with zero attached hydrogens (tertiary/aromatic N) is 3. The number of pyridine rings is 1. The number of hydrogen-bond donors (Lipinski definition) is 1. The molecule has 2 aromatic rings. The van der Waals surface area contributed by atoms with Gasteiger partial charge in [0, 0.05) is 18.7 Å². The van der Waals surface area contributed by atoms with Gasteiger partial charge in [-0.05, 0) is 37.9 Å². The molecule has 0 saturated carbocycles. The number of piperidine rings is 1. The summed E-state index contributed by atoms with van der Waals surface area (Å²) in [5.74, 6) is 1.21. The van der Waals surface area contributed by atoms with Crippen LogP contribution in [0.1, 0.15) is 31.6 Å². The molecule has 5 heteroatoms. The molecule has 19 heavy (non-hydrogen) atoms. The highest BCUT2D eigenvalue weighted by Gasteiger charge is 2.15. The molecule has 3 rings (SSSR count). The van der Waals surface area contributed by atoms with Crippen molar-refractivity contribution >= 4 is 0 Å². The molecule has 1 N–H and O–H groups in total. The summed E-state index contributed by atoms with van der Waals surface area (Å²) >= 11 is 0. The van der Waals surface area contributed by atoms with E-state index < -0.39 is 0 Å². The molecule has 1 fully saturated rings. The van der Waals surface area contributed by atoms with Gasteiger partial charge in [-0.1, -0.05) is 12.5 Å². The molecule has 1 atom stereocenters. The van der Waals surface area contributed by atoms with Crippen LogP contribution in [0.15, 0.2) is 28.8 Å². The Morgan fingerprint density at radius 3 is 3.05 bits per heavy atom. The number of hydrogen-bond acceptors (Lipinski definition) is 5. The molecule has 1 unspecified atom stereocenters. The molecule has 0 spiro atoms. The standard InChI is InChI=1S/C14H18N4O/c1-3-9-15-11(5-1)7-8-13-17-18-14(19-13)12-6-2-4-10-16-12/h2,4,6,10-11,15H,1,3,5,7-9H2. The second-order valence-electron chi connectivity index (χ2n) is 4.90. The summed E-state index contributed by atoms with van der Waals surface area (Å²) in [6.07, 6.45) is 7.48. The highest BCUT2D eigenvalue weighted by molar-refractivity contribution is 5.44. The van der Waals surface area contributed by atoms with Gasteiger partial charge in [-0.3, -0.25) is 4.98 Å². The van der Waals surface area contributed by atoms with E-state index in [1.54, 1.807) is 6.20 Å². The monoisotopic (exact) mass is 258 g/mol. The highest BCUT2D eigenvalue weighted by Crippen LogP contribution is 2.17.